The summed E-state index contributed by atoms with van der Waals surface area (Å²) in [6.45, 7) is 1.70. The zero-order chi connectivity index (χ0) is 5.82. The minimum absolute atomic E-state index is 0.399. The van der Waals surface area contributed by atoms with E-state index in [0.29, 0.717) is 25.6 Å². The third-order valence-corrected chi connectivity index (χ3v) is 0.906. The standard InChI is InChI=1S/C4H8N2O2/c7-6-4-3-8-2-1-5-4/h7H,1-3H2,(H,5,6). The van der Waals surface area contributed by atoms with Crippen LogP contribution < -0.4 is 5.48 Å². The lowest BCUT2D eigenvalue weighted by molar-refractivity contribution is 0.149. The number of ether oxygens (including phenoxy) is 1. The highest BCUT2D eigenvalue weighted by Gasteiger charge is 2.00. The normalized spacial score (nSPS) is 19.9. The van der Waals surface area contributed by atoms with Gasteiger partial charge in [0.1, 0.15) is 12.4 Å². The Morgan fingerprint density at radius 2 is 2.62 bits per heavy atom. The second kappa shape index (κ2) is 2.64. The molecule has 0 aromatic carbocycles. The van der Waals surface area contributed by atoms with E-state index in [0.717, 1.165) is 0 Å². The van der Waals surface area contributed by atoms with E-state index >= 15 is 0 Å². The molecule has 0 atom stereocenters. The van der Waals surface area contributed by atoms with E-state index in [2.05, 4.69) is 4.99 Å². The Balaban J connectivity index is 2.37. The highest BCUT2D eigenvalue weighted by Crippen LogP contribution is 1.86. The smallest absolute Gasteiger partial charge is 0.147 e. The maximum absolute atomic E-state index is 8.23. The summed E-state index contributed by atoms with van der Waals surface area (Å²) in [4.78, 5) is 3.88. The van der Waals surface area contributed by atoms with E-state index in [1.165, 1.54) is 0 Å². The monoisotopic (exact) mass is 116 g/mol. The van der Waals surface area contributed by atoms with Gasteiger partial charge in [0, 0.05) is 0 Å². The first kappa shape index (κ1) is 5.53. The lowest BCUT2D eigenvalue weighted by atomic mass is 10.5. The van der Waals surface area contributed by atoms with Crippen LogP contribution >= 0.6 is 0 Å². The van der Waals surface area contributed by atoms with E-state index in [1.54, 1.807) is 0 Å². The zero-order valence-corrected chi connectivity index (χ0v) is 4.42. The molecule has 0 fully saturated rings. The van der Waals surface area contributed by atoms with Gasteiger partial charge in [-0.15, -0.1) is 0 Å². The molecule has 4 nitrogen and oxygen atoms in total. The first-order valence-electron chi connectivity index (χ1n) is 2.44. The average Bonchev–Trinajstić information content (AvgIpc) is 1.90. The molecule has 8 heavy (non-hydrogen) atoms. The van der Waals surface area contributed by atoms with Crippen molar-refractivity contribution in [3.05, 3.63) is 0 Å². The SMILES string of the molecule is ONC1=NCCOC1. The van der Waals surface area contributed by atoms with Crippen LogP contribution in [-0.4, -0.2) is 30.8 Å². The van der Waals surface area contributed by atoms with E-state index in [9.17, 15) is 0 Å². The molecule has 0 spiro atoms. The number of nitrogens with one attached hydrogen (secondary N) is 1. The maximum Gasteiger partial charge on any atom is 0.147 e. The van der Waals surface area contributed by atoms with Crippen LogP contribution in [0.3, 0.4) is 0 Å². The van der Waals surface area contributed by atoms with Crippen molar-refractivity contribution in [2.24, 2.45) is 4.99 Å². The minimum Gasteiger partial charge on any atom is -0.372 e. The Labute approximate surface area is 47.1 Å². The Hall–Kier alpha value is -0.610. The predicted molar refractivity (Wildman–Crippen MR) is 28.0 cm³/mol. The van der Waals surface area contributed by atoms with Crippen molar-refractivity contribution < 1.29 is 9.94 Å². The summed E-state index contributed by atoms with van der Waals surface area (Å²) in [5, 5.41) is 8.23. The first-order chi connectivity index (χ1) is 3.93. The highest BCUT2D eigenvalue weighted by atomic mass is 16.5. The van der Waals surface area contributed by atoms with Gasteiger partial charge in [-0.25, -0.2) is 0 Å². The molecule has 0 aromatic heterocycles. The molecule has 0 radical (unpaired) electrons. The van der Waals surface area contributed by atoms with Gasteiger partial charge in [-0.3, -0.25) is 15.7 Å². The van der Waals surface area contributed by atoms with Crippen LogP contribution in [0.15, 0.2) is 4.99 Å². The lowest BCUT2D eigenvalue weighted by Crippen LogP contribution is -2.29. The molecule has 1 rings (SSSR count). The number of hydrogen-bond donors (Lipinski definition) is 2. The van der Waals surface area contributed by atoms with Crippen LogP contribution in [0.1, 0.15) is 0 Å². The molecule has 1 aliphatic rings. The molecule has 0 aromatic rings. The van der Waals surface area contributed by atoms with Crippen molar-refractivity contribution >= 4 is 5.84 Å². The van der Waals surface area contributed by atoms with Crippen molar-refractivity contribution in [1.29, 1.82) is 0 Å². The largest absolute Gasteiger partial charge is 0.372 e. The predicted octanol–water partition coefficient (Wildman–Crippen LogP) is -0.606. The second-order valence-corrected chi connectivity index (χ2v) is 1.49. The first-order valence-corrected chi connectivity index (χ1v) is 2.44. The maximum atomic E-state index is 8.23. The van der Waals surface area contributed by atoms with Gasteiger partial charge in [0.2, 0.25) is 0 Å². The molecule has 0 unspecified atom stereocenters. The number of hydroxylamine groups is 1. The van der Waals surface area contributed by atoms with Gasteiger partial charge in [-0.2, -0.15) is 0 Å². The Morgan fingerprint density at radius 1 is 1.75 bits per heavy atom. The van der Waals surface area contributed by atoms with E-state index in [-0.39, 0.29) is 0 Å². The molecule has 1 heterocycles. The molecule has 0 bridgehead atoms. The number of amidine groups is 1. The molecule has 0 amide bonds. The number of rotatable bonds is 0. The van der Waals surface area contributed by atoms with Gasteiger partial charge < -0.3 is 4.74 Å². The summed E-state index contributed by atoms with van der Waals surface area (Å²) < 4.78 is 4.92. The topological polar surface area (TPSA) is 53.8 Å². The molecule has 46 valence electrons. The van der Waals surface area contributed by atoms with Crippen LogP contribution in [-0.2, 0) is 4.74 Å². The molecule has 0 saturated carbocycles. The van der Waals surface area contributed by atoms with Crippen molar-refractivity contribution in [3.8, 4) is 0 Å². The van der Waals surface area contributed by atoms with Crippen molar-refractivity contribution in [1.82, 2.24) is 5.48 Å². The number of nitrogens with zero attached hydrogens (tertiary/aromatic N) is 1. The second-order valence-electron chi connectivity index (χ2n) is 1.49. The fraction of sp³-hybridized carbons (Fsp3) is 0.750. The van der Waals surface area contributed by atoms with E-state index in [1.807, 2.05) is 5.48 Å². The van der Waals surface area contributed by atoms with Gasteiger partial charge in [0.15, 0.2) is 0 Å². The lowest BCUT2D eigenvalue weighted by Gasteiger charge is -2.09. The summed E-state index contributed by atoms with van der Waals surface area (Å²) in [6.07, 6.45) is 0. The van der Waals surface area contributed by atoms with Gasteiger partial charge in [0.25, 0.3) is 0 Å². The van der Waals surface area contributed by atoms with Gasteiger partial charge in [-0.05, 0) is 0 Å². The Kier molecular flexibility index (Phi) is 1.82. The fourth-order valence-electron chi connectivity index (χ4n) is 0.527. The highest BCUT2D eigenvalue weighted by molar-refractivity contribution is 5.82. The van der Waals surface area contributed by atoms with Gasteiger partial charge >= 0.3 is 0 Å². The summed E-state index contributed by atoms with van der Waals surface area (Å²) in [5.41, 5.74) is 1.93. The average molecular weight is 116 g/mol. The van der Waals surface area contributed by atoms with Crippen LogP contribution in [0.5, 0.6) is 0 Å². The quantitative estimate of drug-likeness (QED) is 0.415. The van der Waals surface area contributed by atoms with Crippen molar-refractivity contribution in [3.63, 3.8) is 0 Å². The zero-order valence-electron chi connectivity index (χ0n) is 4.42. The molecule has 0 saturated heterocycles. The fourth-order valence-corrected chi connectivity index (χ4v) is 0.527. The third kappa shape index (κ3) is 1.18. The van der Waals surface area contributed by atoms with E-state index in [4.69, 9.17) is 9.94 Å². The molecular formula is C4H8N2O2. The van der Waals surface area contributed by atoms with Crippen molar-refractivity contribution in [2.45, 2.75) is 0 Å². The Bertz CT molecular complexity index is 102. The van der Waals surface area contributed by atoms with Crippen LogP contribution in [0.2, 0.25) is 0 Å². The van der Waals surface area contributed by atoms with Crippen LogP contribution in [0.25, 0.3) is 0 Å². The number of aliphatic imine (C=N–C) groups is 1. The molecule has 0 aliphatic carbocycles. The van der Waals surface area contributed by atoms with Crippen LogP contribution in [0, 0.1) is 0 Å². The summed E-state index contributed by atoms with van der Waals surface area (Å²) in [7, 11) is 0. The van der Waals surface area contributed by atoms with Crippen LogP contribution in [0.4, 0.5) is 0 Å². The minimum atomic E-state index is 0.399. The molecule has 1 aliphatic heterocycles. The summed E-state index contributed by atoms with van der Waals surface area (Å²) in [5.74, 6) is 0.510. The molecule has 2 N–H and O–H groups in total. The molecular weight excluding hydrogens is 108 g/mol. The van der Waals surface area contributed by atoms with Gasteiger partial charge in [-0.1, -0.05) is 0 Å². The summed E-state index contributed by atoms with van der Waals surface area (Å²) in [6, 6.07) is 0. The van der Waals surface area contributed by atoms with E-state index < -0.39 is 0 Å². The number of hydrogen-bond acceptors (Lipinski definition) is 4. The summed E-state index contributed by atoms with van der Waals surface area (Å²) >= 11 is 0. The third-order valence-electron chi connectivity index (χ3n) is 0.906. The van der Waals surface area contributed by atoms with Crippen molar-refractivity contribution in [2.75, 3.05) is 19.8 Å². The Morgan fingerprint density at radius 3 is 3.00 bits per heavy atom. The molecule has 4 heteroatoms. The van der Waals surface area contributed by atoms with Gasteiger partial charge in [0.05, 0.1) is 13.2 Å².